The van der Waals surface area contributed by atoms with E-state index >= 15 is 0 Å². The molecule has 104 valence electrons. The molecule has 0 saturated carbocycles. The minimum atomic E-state index is -0.130. The van der Waals surface area contributed by atoms with E-state index in [1.54, 1.807) is 12.1 Å². The van der Waals surface area contributed by atoms with Gasteiger partial charge in [-0.15, -0.1) is 0 Å². The van der Waals surface area contributed by atoms with Gasteiger partial charge in [-0.2, -0.15) is 0 Å². The van der Waals surface area contributed by atoms with E-state index < -0.39 is 0 Å². The zero-order chi connectivity index (χ0) is 14.3. The summed E-state index contributed by atoms with van der Waals surface area (Å²) in [7, 11) is 0. The normalized spacial score (nSPS) is 10.1. The van der Waals surface area contributed by atoms with Crippen LogP contribution < -0.4 is 5.32 Å². The number of amides is 1. The Labute approximate surface area is 127 Å². The number of hydrogen-bond acceptors (Lipinski definition) is 4. The van der Waals surface area contributed by atoms with Gasteiger partial charge in [-0.3, -0.25) is 4.79 Å². The van der Waals surface area contributed by atoms with Crippen molar-refractivity contribution in [3.05, 3.63) is 23.4 Å². The highest BCUT2D eigenvalue weighted by molar-refractivity contribution is 8.23. The van der Waals surface area contributed by atoms with Gasteiger partial charge in [-0.05, 0) is 26.0 Å². The third kappa shape index (κ3) is 5.76. The van der Waals surface area contributed by atoms with Gasteiger partial charge in [0.2, 0.25) is 5.91 Å². The maximum atomic E-state index is 11.7. The lowest BCUT2D eigenvalue weighted by atomic mass is 10.4. The monoisotopic (exact) mass is 317 g/mol. The van der Waals surface area contributed by atoms with Crippen LogP contribution in [0.3, 0.4) is 0 Å². The van der Waals surface area contributed by atoms with Crippen LogP contribution in [0.1, 0.15) is 13.8 Å². The smallest absolute Gasteiger partial charge is 0.235 e. The molecule has 0 unspecified atom stereocenters. The van der Waals surface area contributed by atoms with Crippen LogP contribution in [0.4, 0.5) is 5.82 Å². The zero-order valence-electron chi connectivity index (χ0n) is 10.9. The Balaban J connectivity index is 2.39. The fourth-order valence-electron chi connectivity index (χ4n) is 1.33. The van der Waals surface area contributed by atoms with Crippen molar-refractivity contribution in [1.29, 1.82) is 0 Å². The van der Waals surface area contributed by atoms with Gasteiger partial charge in [0, 0.05) is 19.3 Å². The molecule has 0 saturated heterocycles. The number of hydrogen-bond donors (Lipinski definition) is 1. The van der Waals surface area contributed by atoms with Crippen molar-refractivity contribution >= 4 is 51.6 Å². The lowest BCUT2D eigenvalue weighted by Crippen LogP contribution is -2.28. The molecule has 4 nitrogen and oxygen atoms in total. The third-order valence-corrected chi connectivity index (χ3v) is 4.09. The number of thiocarbonyl (C=S) groups is 1. The first kappa shape index (κ1) is 16.2. The van der Waals surface area contributed by atoms with E-state index in [9.17, 15) is 4.79 Å². The minimum Gasteiger partial charge on any atom is -0.358 e. The summed E-state index contributed by atoms with van der Waals surface area (Å²) in [4.78, 5) is 17.7. The predicted molar refractivity (Wildman–Crippen MR) is 85.9 cm³/mol. The first-order valence-electron chi connectivity index (χ1n) is 5.90. The molecule has 0 fully saturated rings. The molecule has 0 aliphatic heterocycles. The number of pyridine rings is 1. The first-order valence-corrected chi connectivity index (χ1v) is 7.67. The van der Waals surface area contributed by atoms with Crippen molar-refractivity contribution in [2.75, 3.05) is 24.2 Å². The molecule has 1 aromatic heterocycles. The molecule has 0 aliphatic rings. The van der Waals surface area contributed by atoms with Crippen LogP contribution in [0.15, 0.2) is 18.3 Å². The van der Waals surface area contributed by atoms with Gasteiger partial charge >= 0.3 is 0 Å². The molecule has 0 radical (unpaired) electrons. The van der Waals surface area contributed by atoms with Crippen molar-refractivity contribution in [2.45, 2.75) is 13.8 Å². The molecule has 1 N–H and O–H groups in total. The number of carbonyl (C=O) groups is 1. The predicted octanol–water partition coefficient (Wildman–Crippen LogP) is 3.03. The number of nitrogens with zero attached hydrogens (tertiary/aromatic N) is 2. The maximum absolute atomic E-state index is 11.7. The topological polar surface area (TPSA) is 45.2 Å². The molecular formula is C12H16ClN3OS2. The number of nitrogens with one attached hydrogen (secondary N) is 1. The highest BCUT2D eigenvalue weighted by atomic mass is 35.5. The second kappa shape index (κ2) is 8.35. The SMILES string of the molecule is CCN(CC)C(=S)SCC(=O)Nc1ccc(Cl)cn1. The Hall–Kier alpha value is -0.850. The zero-order valence-corrected chi connectivity index (χ0v) is 13.2. The molecule has 1 rings (SSSR count). The summed E-state index contributed by atoms with van der Waals surface area (Å²) in [6.45, 7) is 5.77. The van der Waals surface area contributed by atoms with Gasteiger partial charge in [-0.1, -0.05) is 35.6 Å². The van der Waals surface area contributed by atoms with Crippen molar-refractivity contribution in [3.8, 4) is 0 Å². The molecular weight excluding hydrogens is 302 g/mol. The molecule has 19 heavy (non-hydrogen) atoms. The Bertz CT molecular complexity index is 435. The summed E-state index contributed by atoms with van der Waals surface area (Å²) in [6.07, 6.45) is 1.49. The highest BCUT2D eigenvalue weighted by Crippen LogP contribution is 2.12. The third-order valence-electron chi connectivity index (χ3n) is 2.34. The fourth-order valence-corrected chi connectivity index (χ4v) is 2.64. The fraction of sp³-hybridized carbons (Fsp3) is 0.417. The average molecular weight is 318 g/mol. The summed E-state index contributed by atoms with van der Waals surface area (Å²) in [5.41, 5.74) is 0. The van der Waals surface area contributed by atoms with E-state index in [4.69, 9.17) is 23.8 Å². The van der Waals surface area contributed by atoms with E-state index in [0.29, 0.717) is 10.8 Å². The Morgan fingerprint density at radius 3 is 2.68 bits per heavy atom. The number of halogens is 1. The Kier molecular flexibility index (Phi) is 7.12. The van der Waals surface area contributed by atoms with Crippen molar-refractivity contribution in [2.24, 2.45) is 0 Å². The molecule has 0 aliphatic carbocycles. The maximum Gasteiger partial charge on any atom is 0.235 e. The van der Waals surface area contributed by atoms with E-state index in [1.165, 1.54) is 18.0 Å². The average Bonchev–Trinajstić information content (AvgIpc) is 2.40. The van der Waals surface area contributed by atoms with Crippen LogP contribution in [0.2, 0.25) is 5.02 Å². The van der Waals surface area contributed by atoms with Crippen LogP contribution in [-0.2, 0) is 4.79 Å². The molecule has 1 amide bonds. The second-order valence-corrected chi connectivity index (χ2v) is 5.68. The number of rotatable bonds is 5. The highest BCUT2D eigenvalue weighted by Gasteiger charge is 2.09. The summed E-state index contributed by atoms with van der Waals surface area (Å²) in [5, 5.41) is 3.23. The standard InChI is InChI=1S/C12H16ClN3OS2/c1-3-16(4-2)12(18)19-8-11(17)15-10-6-5-9(13)7-14-10/h5-7H,3-4,8H2,1-2H3,(H,14,15,17). The lowest BCUT2D eigenvalue weighted by molar-refractivity contribution is -0.113. The molecule has 1 aromatic rings. The van der Waals surface area contributed by atoms with Crippen LogP contribution in [0, 0.1) is 0 Å². The van der Waals surface area contributed by atoms with Gasteiger partial charge in [-0.25, -0.2) is 4.98 Å². The number of anilines is 1. The Morgan fingerprint density at radius 2 is 2.16 bits per heavy atom. The summed E-state index contributed by atoms with van der Waals surface area (Å²) >= 11 is 12.3. The number of carbonyl (C=O) groups excluding carboxylic acids is 1. The summed E-state index contributed by atoms with van der Waals surface area (Å²) in [5.74, 6) is 0.637. The van der Waals surface area contributed by atoms with Crippen LogP contribution in [0.25, 0.3) is 0 Å². The summed E-state index contributed by atoms with van der Waals surface area (Å²) in [6, 6.07) is 3.34. The van der Waals surface area contributed by atoms with Gasteiger partial charge in [0.15, 0.2) is 0 Å². The van der Waals surface area contributed by atoms with E-state index in [-0.39, 0.29) is 11.7 Å². The number of aromatic nitrogens is 1. The first-order chi connectivity index (χ1) is 9.06. The van der Waals surface area contributed by atoms with E-state index in [1.807, 2.05) is 18.7 Å². The second-order valence-electron chi connectivity index (χ2n) is 3.64. The van der Waals surface area contributed by atoms with Crippen molar-refractivity contribution in [3.63, 3.8) is 0 Å². The van der Waals surface area contributed by atoms with E-state index in [0.717, 1.165) is 17.4 Å². The van der Waals surface area contributed by atoms with Crippen LogP contribution >= 0.6 is 35.6 Å². The largest absolute Gasteiger partial charge is 0.358 e. The van der Waals surface area contributed by atoms with Crippen molar-refractivity contribution in [1.82, 2.24) is 9.88 Å². The van der Waals surface area contributed by atoms with Crippen molar-refractivity contribution < 1.29 is 4.79 Å². The molecule has 1 heterocycles. The summed E-state index contributed by atoms with van der Waals surface area (Å²) < 4.78 is 0.740. The van der Waals surface area contributed by atoms with Gasteiger partial charge in [0.1, 0.15) is 10.1 Å². The van der Waals surface area contributed by atoms with Crippen LogP contribution in [-0.4, -0.2) is 39.0 Å². The lowest BCUT2D eigenvalue weighted by Gasteiger charge is -2.20. The number of thioether (sulfide) groups is 1. The quantitative estimate of drug-likeness (QED) is 0.846. The molecule has 0 bridgehead atoms. The van der Waals surface area contributed by atoms with Crippen LogP contribution in [0.5, 0.6) is 0 Å². The molecule has 0 aromatic carbocycles. The van der Waals surface area contributed by atoms with Gasteiger partial charge < -0.3 is 10.2 Å². The molecule has 0 spiro atoms. The minimum absolute atomic E-state index is 0.130. The van der Waals surface area contributed by atoms with E-state index in [2.05, 4.69) is 10.3 Å². The molecule has 0 atom stereocenters. The molecule has 7 heteroatoms. The Morgan fingerprint density at radius 1 is 1.47 bits per heavy atom. The van der Waals surface area contributed by atoms with Gasteiger partial charge in [0.25, 0.3) is 0 Å². The van der Waals surface area contributed by atoms with Gasteiger partial charge in [0.05, 0.1) is 10.8 Å².